The summed E-state index contributed by atoms with van der Waals surface area (Å²) in [5.74, 6) is 0.378. The Morgan fingerprint density at radius 3 is 2.62 bits per heavy atom. The van der Waals surface area contributed by atoms with Gasteiger partial charge in [-0.3, -0.25) is 0 Å². The van der Waals surface area contributed by atoms with Crippen LogP contribution in [0.15, 0.2) is 53.2 Å². The zero-order valence-electron chi connectivity index (χ0n) is 12.8. The molecule has 0 atom stereocenters. The molecule has 3 rings (SSSR count). The summed E-state index contributed by atoms with van der Waals surface area (Å²) < 4.78 is 10.6. The van der Waals surface area contributed by atoms with Gasteiger partial charge in [-0.05, 0) is 48.9 Å². The Balaban J connectivity index is 1.89. The van der Waals surface area contributed by atoms with E-state index in [1.807, 2.05) is 31.2 Å². The van der Waals surface area contributed by atoms with Gasteiger partial charge in [-0.1, -0.05) is 35.3 Å². The molecule has 0 aliphatic carbocycles. The topological polar surface area (TPSA) is 47.9 Å². The van der Waals surface area contributed by atoms with Gasteiger partial charge in [-0.15, -0.1) is 0 Å². The van der Waals surface area contributed by atoms with Crippen molar-refractivity contribution in [1.29, 1.82) is 0 Å². The van der Waals surface area contributed by atoms with Gasteiger partial charge in [0, 0.05) is 5.02 Å². The van der Waals surface area contributed by atoms with Crippen LogP contribution in [-0.4, -0.2) is 18.5 Å². The molecule has 0 N–H and O–H groups in total. The Morgan fingerprint density at radius 1 is 1.17 bits per heavy atom. The van der Waals surface area contributed by atoms with Gasteiger partial charge in [0.15, 0.2) is 5.70 Å². The second-order valence-electron chi connectivity index (χ2n) is 4.96. The Morgan fingerprint density at radius 2 is 1.92 bits per heavy atom. The lowest BCUT2D eigenvalue weighted by Crippen LogP contribution is -2.06. The van der Waals surface area contributed by atoms with Gasteiger partial charge >= 0.3 is 5.97 Å². The van der Waals surface area contributed by atoms with Crippen molar-refractivity contribution in [2.24, 2.45) is 4.99 Å². The number of cyclic esters (lactones) is 1. The molecule has 2 aromatic rings. The van der Waals surface area contributed by atoms with Crippen LogP contribution in [0, 0.1) is 0 Å². The largest absolute Gasteiger partial charge is 0.494 e. The SMILES string of the molecule is CCOc1ccc(/C=C2\N=C(c3cc(Cl)ccc3Cl)OC2=O)cc1. The van der Waals surface area contributed by atoms with Crippen LogP contribution in [0.3, 0.4) is 0 Å². The van der Waals surface area contributed by atoms with Crippen molar-refractivity contribution < 1.29 is 14.3 Å². The molecule has 0 saturated heterocycles. The van der Waals surface area contributed by atoms with Crippen molar-refractivity contribution in [3.63, 3.8) is 0 Å². The molecule has 0 radical (unpaired) electrons. The minimum Gasteiger partial charge on any atom is -0.494 e. The van der Waals surface area contributed by atoms with E-state index in [0.717, 1.165) is 11.3 Å². The van der Waals surface area contributed by atoms with Crippen LogP contribution in [0.2, 0.25) is 10.0 Å². The van der Waals surface area contributed by atoms with Crippen LogP contribution >= 0.6 is 23.2 Å². The van der Waals surface area contributed by atoms with Crippen LogP contribution in [0.5, 0.6) is 5.75 Å². The van der Waals surface area contributed by atoms with E-state index in [9.17, 15) is 4.79 Å². The summed E-state index contributed by atoms with van der Waals surface area (Å²) in [4.78, 5) is 16.2. The summed E-state index contributed by atoms with van der Waals surface area (Å²) in [5, 5.41) is 0.894. The molecule has 0 aromatic heterocycles. The molecular formula is C18H13Cl2NO3. The predicted octanol–water partition coefficient (Wildman–Crippen LogP) is 4.74. The smallest absolute Gasteiger partial charge is 0.363 e. The molecule has 0 saturated carbocycles. The van der Waals surface area contributed by atoms with Crippen molar-refractivity contribution in [3.05, 3.63) is 69.3 Å². The highest BCUT2D eigenvalue weighted by molar-refractivity contribution is 6.36. The van der Waals surface area contributed by atoms with Crippen LogP contribution < -0.4 is 4.74 Å². The van der Waals surface area contributed by atoms with Crippen molar-refractivity contribution in [1.82, 2.24) is 0 Å². The van der Waals surface area contributed by atoms with E-state index >= 15 is 0 Å². The first-order valence-electron chi connectivity index (χ1n) is 7.27. The summed E-state index contributed by atoms with van der Waals surface area (Å²) in [7, 11) is 0. The van der Waals surface area contributed by atoms with E-state index in [4.69, 9.17) is 32.7 Å². The van der Waals surface area contributed by atoms with E-state index < -0.39 is 5.97 Å². The predicted molar refractivity (Wildman–Crippen MR) is 94.7 cm³/mol. The van der Waals surface area contributed by atoms with E-state index in [1.54, 1.807) is 24.3 Å². The number of hydrogen-bond donors (Lipinski definition) is 0. The molecule has 1 heterocycles. The minimum absolute atomic E-state index is 0.143. The van der Waals surface area contributed by atoms with Crippen LogP contribution in [0.25, 0.3) is 6.08 Å². The van der Waals surface area contributed by atoms with Crippen molar-refractivity contribution in [3.8, 4) is 5.75 Å². The van der Waals surface area contributed by atoms with E-state index in [-0.39, 0.29) is 11.6 Å². The lowest BCUT2D eigenvalue weighted by Gasteiger charge is -2.02. The number of ether oxygens (including phenoxy) is 2. The molecule has 122 valence electrons. The third-order valence-corrected chi connectivity index (χ3v) is 3.84. The number of nitrogens with zero attached hydrogens (tertiary/aromatic N) is 1. The van der Waals surface area contributed by atoms with Crippen molar-refractivity contribution in [2.75, 3.05) is 6.61 Å². The lowest BCUT2D eigenvalue weighted by molar-refractivity contribution is -0.129. The summed E-state index contributed by atoms with van der Waals surface area (Å²) in [5.41, 5.74) is 1.49. The number of halogens is 2. The van der Waals surface area contributed by atoms with Crippen LogP contribution in [0.1, 0.15) is 18.1 Å². The van der Waals surface area contributed by atoms with Gasteiger partial charge in [-0.25, -0.2) is 9.79 Å². The fraction of sp³-hybridized carbons (Fsp3) is 0.111. The maximum Gasteiger partial charge on any atom is 0.363 e. The number of carbonyl (C=O) groups excluding carboxylic acids is 1. The third kappa shape index (κ3) is 3.61. The second-order valence-corrected chi connectivity index (χ2v) is 5.81. The molecule has 0 unspecified atom stereocenters. The molecule has 24 heavy (non-hydrogen) atoms. The van der Waals surface area contributed by atoms with Gasteiger partial charge < -0.3 is 9.47 Å². The number of rotatable bonds is 4. The molecule has 0 spiro atoms. The molecule has 1 aliphatic heterocycles. The molecule has 0 amide bonds. The maximum atomic E-state index is 12.0. The summed E-state index contributed by atoms with van der Waals surface area (Å²) >= 11 is 12.1. The number of aliphatic imine (C=N–C) groups is 1. The van der Waals surface area contributed by atoms with E-state index in [2.05, 4.69) is 4.99 Å². The van der Waals surface area contributed by atoms with Crippen molar-refractivity contribution >= 4 is 41.1 Å². The van der Waals surface area contributed by atoms with Crippen LogP contribution in [0.4, 0.5) is 0 Å². The molecule has 0 fully saturated rings. The third-order valence-electron chi connectivity index (χ3n) is 3.27. The molecule has 0 bridgehead atoms. The zero-order chi connectivity index (χ0) is 17.1. The minimum atomic E-state index is -0.532. The van der Waals surface area contributed by atoms with Gasteiger partial charge in [0.25, 0.3) is 0 Å². The normalized spacial score (nSPS) is 15.4. The summed E-state index contributed by atoms with van der Waals surface area (Å²) in [6, 6.07) is 12.2. The van der Waals surface area contributed by atoms with E-state index in [0.29, 0.717) is 22.2 Å². The molecular weight excluding hydrogens is 349 g/mol. The second kappa shape index (κ2) is 7.07. The molecule has 1 aliphatic rings. The highest BCUT2D eigenvalue weighted by atomic mass is 35.5. The number of hydrogen-bond acceptors (Lipinski definition) is 4. The number of esters is 1. The highest BCUT2D eigenvalue weighted by Gasteiger charge is 2.25. The first kappa shape index (κ1) is 16.6. The van der Waals surface area contributed by atoms with Crippen LogP contribution in [-0.2, 0) is 9.53 Å². The Bertz CT molecular complexity index is 842. The maximum absolute atomic E-state index is 12.0. The first-order valence-corrected chi connectivity index (χ1v) is 8.03. The number of benzene rings is 2. The fourth-order valence-corrected chi connectivity index (χ4v) is 2.54. The molecule has 4 nitrogen and oxygen atoms in total. The molecule has 6 heteroatoms. The Labute approximate surface area is 149 Å². The average molecular weight is 362 g/mol. The summed E-state index contributed by atoms with van der Waals surface area (Å²) in [6.07, 6.45) is 1.64. The molecule has 2 aromatic carbocycles. The summed E-state index contributed by atoms with van der Waals surface area (Å²) in [6.45, 7) is 2.52. The van der Waals surface area contributed by atoms with Gasteiger partial charge in [0.2, 0.25) is 5.90 Å². The fourth-order valence-electron chi connectivity index (χ4n) is 2.17. The van der Waals surface area contributed by atoms with Gasteiger partial charge in [-0.2, -0.15) is 0 Å². The van der Waals surface area contributed by atoms with Gasteiger partial charge in [0.1, 0.15) is 5.75 Å². The van der Waals surface area contributed by atoms with E-state index in [1.165, 1.54) is 0 Å². The highest BCUT2D eigenvalue weighted by Crippen LogP contribution is 2.26. The quantitative estimate of drug-likeness (QED) is 0.583. The number of carbonyl (C=O) groups is 1. The zero-order valence-corrected chi connectivity index (χ0v) is 14.3. The van der Waals surface area contributed by atoms with Crippen molar-refractivity contribution in [2.45, 2.75) is 6.92 Å². The van der Waals surface area contributed by atoms with Gasteiger partial charge in [0.05, 0.1) is 17.2 Å². The average Bonchev–Trinajstić information content (AvgIpc) is 2.92. The Hall–Kier alpha value is -2.30. The Kier molecular flexibility index (Phi) is 4.88. The first-order chi connectivity index (χ1) is 11.6. The monoisotopic (exact) mass is 361 g/mol. The standard InChI is InChI=1S/C18H13Cl2NO3/c1-2-23-13-6-3-11(4-7-13)9-16-18(22)24-17(21-16)14-10-12(19)5-8-15(14)20/h3-10H,2H2,1H3/b16-9-. The lowest BCUT2D eigenvalue weighted by atomic mass is 10.2.